The molecule has 0 amide bonds. The van der Waals surface area contributed by atoms with Crippen molar-refractivity contribution in [1.29, 1.82) is 0 Å². The van der Waals surface area contributed by atoms with Gasteiger partial charge in [-0.25, -0.2) is 4.98 Å². The van der Waals surface area contributed by atoms with Crippen molar-refractivity contribution in [2.24, 2.45) is 0 Å². The van der Waals surface area contributed by atoms with Gasteiger partial charge < -0.3 is 10.1 Å². The summed E-state index contributed by atoms with van der Waals surface area (Å²) in [6, 6.07) is 2.15. The van der Waals surface area contributed by atoms with Crippen molar-refractivity contribution in [1.82, 2.24) is 4.98 Å². The number of hydrogen-bond acceptors (Lipinski definition) is 3. The highest BCUT2D eigenvalue weighted by atomic mass is 16.5. The number of aromatic nitrogens is 1. The highest BCUT2D eigenvalue weighted by Gasteiger charge is 2.14. The fourth-order valence-electron chi connectivity index (χ4n) is 2.04. The Kier molecular flexibility index (Phi) is 3.65. The number of pyridine rings is 1. The third-order valence-corrected chi connectivity index (χ3v) is 2.89. The van der Waals surface area contributed by atoms with Crippen LogP contribution in [0.3, 0.4) is 0 Å². The van der Waals surface area contributed by atoms with Crippen LogP contribution in [0.5, 0.6) is 5.75 Å². The normalized spacial score (nSPS) is 13.9. The van der Waals surface area contributed by atoms with E-state index in [9.17, 15) is 0 Å². The highest BCUT2D eigenvalue weighted by molar-refractivity contribution is 5.56. The van der Waals surface area contributed by atoms with Crippen LogP contribution < -0.4 is 10.1 Å². The zero-order valence-electron chi connectivity index (χ0n) is 10.2. The van der Waals surface area contributed by atoms with E-state index in [0.29, 0.717) is 0 Å². The van der Waals surface area contributed by atoms with Crippen LogP contribution in [0.15, 0.2) is 6.07 Å². The fourth-order valence-corrected chi connectivity index (χ4v) is 2.04. The molecule has 3 nitrogen and oxygen atoms in total. The first kappa shape index (κ1) is 11.2. The van der Waals surface area contributed by atoms with Crippen molar-refractivity contribution >= 4 is 5.82 Å². The number of hydrogen-bond donors (Lipinski definition) is 1. The second-order valence-electron chi connectivity index (χ2n) is 4.34. The van der Waals surface area contributed by atoms with Gasteiger partial charge in [-0.05, 0) is 31.4 Å². The van der Waals surface area contributed by atoms with E-state index in [1.165, 1.54) is 30.5 Å². The predicted molar refractivity (Wildman–Crippen MR) is 66.2 cm³/mol. The van der Waals surface area contributed by atoms with Crippen molar-refractivity contribution in [3.05, 3.63) is 17.3 Å². The summed E-state index contributed by atoms with van der Waals surface area (Å²) in [6.07, 6.45) is 4.83. The summed E-state index contributed by atoms with van der Waals surface area (Å²) in [5.74, 6) is 1.86. The van der Waals surface area contributed by atoms with Gasteiger partial charge in [-0.15, -0.1) is 0 Å². The molecule has 1 aliphatic heterocycles. The molecule has 1 aliphatic rings. The number of nitrogens with zero attached hydrogens (tertiary/aromatic N) is 1. The van der Waals surface area contributed by atoms with Crippen LogP contribution in [0, 0.1) is 6.92 Å². The topological polar surface area (TPSA) is 34.2 Å². The van der Waals surface area contributed by atoms with E-state index < -0.39 is 0 Å². The molecule has 2 heterocycles. The average molecular weight is 220 g/mol. The number of rotatable bonds is 4. The Morgan fingerprint density at radius 3 is 3.12 bits per heavy atom. The maximum Gasteiger partial charge on any atom is 0.169 e. The van der Waals surface area contributed by atoms with Gasteiger partial charge in [-0.2, -0.15) is 0 Å². The molecule has 0 radical (unpaired) electrons. The van der Waals surface area contributed by atoms with Crippen molar-refractivity contribution in [3.8, 4) is 5.75 Å². The first-order chi connectivity index (χ1) is 7.81. The molecule has 0 fully saturated rings. The van der Waals surface area contributed by atoms with Gasteiger partial charge in [0, 0.05) is 5.69 Å². The minimum absolute atomic E-state index is 0.741. The van der Waals surface area contributed by atoms with E-state index in [4.69, 9.17) is 4.74 Å². The van der Waals surface area contributed by atoms with E-state index in [1.807, 2.05) is 0 Å². The molecule has 0 bridgehead atoms. The van der Waals surface area contributed by atoms with E-state index in [1.54, 1.807) is 0 Å². The molecular weight excluding hydrogens is 200 g/mol. The molecule has 0 atom stereocenters. The quantitative estimate of drug-likeness (QED) is 0.792. The molecule has 3 heteroatoms. The summed E-state index contributed by atoms with van der Waals surface area (Å²) in [5.41, 5.74) is 2.38. The van der Waals surface area contributed by atoms with Crippen molar-refractivity contribution < 1.29 is 4.74 Å². The second kappa shape index (κ2) is 5.19. The van der Waals surface area contributed by atoms with Gasteiger partial charge >= 0.3 is 0 Å². The first-order valence-electron chi connectivity index (χ1n) is 6.18. The van der Waals surface area contributed by atoms with Crippen molar-refractivity contribution in [2.75, 3.05) is 18.5 Å². The molecule has 2 rings (SSSR count). The van der Waals surface area contributed by atoms with Crippen LogP contribution in [0.2, 0.25) is 0 Å². The fraction of sp³-hybridized carbons (Fsp3) is 0.615. The number of aryl methyl sites for hydroxylation is 2. The number of fused-ring (bicyclic) bond motifs is 1. The van der Waals surface area contributed by atoms with E-state index in [-0.39, 0.29) is 0 Å². The summed E-state index contributed by atoms with van der Waals surface area (Å²) < 4.78 is 5.61. The van der Waals surface area contributed by atoms with Gasteiger partial charge in [-0.1, -0.05) is 19.8 Å². The zero-order valence-corrected chi connectivity index (χ0v) is 10.2. The monoisotopic (exact) mass is 220 g/mol. The van der Waals surface area contributed by atoms with E-state index in [2.05, 4.69) is 30.2 Å². The van der Waals surface area contributed by atoms with E-state index >= 15 is 0 Å². The summed E-state index contributed by atoms with van der Waals surface area (Å²) in [4.78, 5) is 4.61. The summed E-state index contributed by atoms with van der Waals surface area (Å²) in [6.45, 7) is 5.92. The van der Waals surface area contributed by atoms with Gasteiger partial charge in [0.05, 0.1) is 6.54 Å². The number of unbranched alkanes of at least 4 members (excludes halogenated alkanes) is 2. The van der Waals surface area contributed by atoms with Gasteiger partial charge in [0.25, 0.3) is 0 Å². The lowest BCUT2D eigenvalue weighted by molar-refractivity contribution is 0.319. The molecule has 1 aromatic rings. The molecule has 88 valence electrons. The lowest BCUT2D eigenvalue weighted by Crippen LogP contribution is -2.20. The Bertz CT molecular complexity index is 363. The van der Waals surface area contributed by atoms with Gasteiger partial charge in [-0.3, -0.25) is 0 Å². The smallest absolute Gasteiger partial charge is 0.169 e. The number of ether oxygens (including phenoxy) is 1. The molecule has 1 aromatic heterocycles. The molecule has 0 aromatic carbocycles. The minimum atomic E-state index is 0.741. The minimum Gasteiger partial charge on any atom is -0.488 e. The first-order valence-corrected chi connectivity index (χ1v) is 6.18. The summed E-state index contributed by atoms with van der Waals surface area (Å²) >= 11 is 0. The largest absolute Gasteiger partial charge is 0.488 e. The van der Waals surface area contributed by atoms with E-state index in [0.717, 1.165) is 31.1 Å². The zero-order chi connectivity index (χ0) is 11.4. The Morgan fingerprint density at radius 1 is 1.44 bits per heavy atom. The number of nitrogens with one attached hydrogen (secondary N) is 1. The third-order valence-electron chi connectivity index (χ3n) is 2.89. The third kappa shape index (κ3) is 2.46. The molecular formula is C13H20N2O. The lowest BCUT2D eigenvalue weighted by Gasteiger charge is -2.20. The Morgan fingerprint density at radius 2 is 2.31 bits per heavy atom. The highest BCUT2D eigenvalue weighted by Crippen LogP contribution is 2.29. The van der Waals surface area contributed by atoms with Crippen LogP contribution in [0.4, 0.5) is 5.82 Å². The van der Waals surface area contributed by atoms with Crippen LogP contribution in [0.25, 0.3) is 0 Å². The molecule has 0 saturated heterocycles. The maximum atomic E-state index is 5.61. The Labute approximate surface area is 97.2 Å². The Hall–Kier alpha value is -1.25. The van der Waals surface area contributed by atoms with Crippen LogP contribution in [0.1, 0.15) is 37.4 Å². The molecule has 0 aliphatic carbocycles. The molecule has 0 unspecified atom stereocenters. The maximum absolute atomic E-state index is 5.61. The standard InChI is InChI=1S/C13H20N2O/c1-3-4-5-6-11-9-10(2)12-13(15-11)14-7-8-16-12/h9H,3-8H2,1-2H3,(H,14,15). The van der Waals surface area contributed by atoms with Gasteiger partial charge in [0.15, 0.2) is 11.6 Å². The second-order valence-corrected chi connectivity index (χ2v) is 4.34. The van der Waals surface area contributed by atoms with Gasteiger partial charge in [0.1, 0.15) is 6.61 Å². The molecule has 1 N–H and O–H groups in total. The SMILES string of the molecule is CCCCCc1cc(C)c2c(n1)NCCO2. The molecule has 0 saturated carbocycles. The van der Waals surface area contributed by atoms with Crippen molar-refractivity contribution in [2.45, 2.75) is 39.5 Å². The number of anilines is 1. The molecule has 16 heavy (non-hydrogen) atoms. The van der Waals surface area contributed by atoms with Crippen LogP contribution in [-0.4, -0.2) is 18.1 Å². The van der Waals surface area contributed by atoms with Crippen molar-refractivity contribution in [3.63, 3.8) is 0 Å². The lowest BCUT2D eigenvalue weighted by atomic mass is 10.1. The summed E-state index contributed by atoms with van der Waals surface area (Å²) in [5, 5.41) is 3.30. The van der Waals surface area contributed by atoms with Gasteiger partial charge in [0.2, 0.25) is 0 Å². The van der Waals surface area contributed by atoms with Crippen LogP contribution in [-0.2, 0) is 6.42 Å². The average Bonchev–Trinajstić information content (AvgIpc) is 2.30. The molecule has 0 spiro atoms. The Balaban J connectivity index is 2.12. The summed E-state index contributed by atoms with van der Waals surface area (Å²) in [7, 11) is 0. The van der Waals surface area contributed by atoms with Crippen LogP contribution >= 0.6 is 0 Å². The predicted octanol–water partition coefficient (Wildman–Crippen LogP) is 2.93.